The topological polar surface area (TPSA) is 69.6 Å². The molecule has 1 amide bonds. The van der Waals surface area contributed by atoms with Crippen LogP contribution in [-0.2, 0) is 6.61 Å². The number of methoxy groups -OCH3 is 1. The number of hydrogen-bond donors (Lipinski definition) is 1. The third-order valence-electron chi connectivity index (χ3n) is 4.08. The minimum Gasteiger partial charge on any atom is -0.495 e. The van der Waals surface area contributed by atoms with Crippen molar-refractivity contribution in [3.8, 4) is 5.75 Å². The molecule has 0 radical (unpaired) electrons. The molecule has 0 aliphatic carbocycles. The number of halogens is 1. The van der Waals surface area contributed by atoms with Crippen molar-refractivity contribution < 1.29 is 18.8 Å². The molecule has 0 saturated heterocycles. The summed E-state index contributed by atoms with van der Waals surface area (Å²) in [6, 6.07) is 14.3. The van der Waals surface area contributed by atoms with Crippen LogP contribution in [0.2, 0.25) is 0 Å². The molecule has 0 aliphatic heterocycles. The molecule has 6 nitrogen and oxygen atoms in total. The Balaban J connectivity index is 1.81. The van der Waals surface area contributed by atoms with E-state index in [-0.39, 0.29) is 12.2 Å². The Morgan fingerprint density at radius 2 is 1.93 bits per heavy atom. The van der Waals surface area contributed by atoms with Gasteiger partial charge in [-0.2, -0.15) is 4.73 Å². The first-order chi connectivity index (χ1) is 13.5. The van der Waals surface area contributed by atoms with Crippen molar-refractivity contribution in [1.82, 2.24) is 4.73 Å². The molecule has 3 aromatic rings. The summed E-state index contributed by atoms with van der Waals surface area (Å²) in [5.41, 5.74) is 0.917. The fraction of sp³-hybridized carbons (Fsp3) is 0.143. The van der Waals surface area contributed by atoms with Gasteiger partial charge in [0.05, 0.1) is 12.8 Å². The molecule has 2 aromatic carbocycles. The summed E-state index contributed by atoms with van der Waals surface area (Å²) in [4.78, 5) is 30.5. The number of hydrogen-bond acceptors (Lipinski definition) is 4. The molecule has 0 fully saturated rings. The maximum atomic E-state index is 13.7. The summed E-state index contributed by atoms with van der Waals surface area (Å²) >= 11 is 0. The molecular weight excluding hydrogens is 363 g/mol. The maximum absolute atomic E-state index is 13.7. The van der Waals surface area contributed by atoms with Crippen LogP contribution in [-0.4, -0.2) is 17.7 Å². The highest BCUT2D eigenvalue weighted by Gasteiger charge is 2.15. The third-order valence-corrected chi connectivity index (χ3v) is 4.08. The molecule has 0 unspecified atom stereocenters. The third kappa shape index (κ3) is 4.20. The van der Waals surface area contributed by atoms with Crippen LogP contribution in [0.1, 0.15) is 21.5 Å². The minimum absolute atomic E-state index is 0.111. The Hall–Kier alpha value is -3.61. The van der Waals surface area contributed by atoms with Crippen molar-refractivity contribution in [2.24, 2.45) is 0 Å². The first-order valence-corrected chi connectivity index (χ1v) is 8.54. The molecular formula is C21H19FN2O4. The molecule has 28 heavy (non-hydrogen) atoms. The molecule has 0 spiro atoms. The fourth-order valence-corrected chi connectivity index (χ4v) is 2.61. The number of nitrogens with zero attached hydrogens (tertiary/aromatic N) is 1. The van der Waals surface area contributed by atoms with Gasteiger partial charge in [-0.05, 0) is 42.8 Å². The summed E-state index contributed by atoms with van der Waals surface area (Å²) in [6.07, 6.45) is 1.37. The van der Waals surface area contributed by atoms with Crippen molar-refractivity contribution in [2.45, 2.75) is 13.5 Å². The largest absolute Gasteiger partial charge is 0.495 e. The van der Waals surface area contributed by atoms with E-state index >= 15 is 0 Å². The van der Waals surface area contributed by atoms with Gasteiger partial charge in [-0.15, -0.1) is 0 Å². The van der Waals surface area contributed by atoms with Crippen LogP contribution in [0.15, 0.2) is 65.6 Å². The summed E-state index contributed by atoms with van der Waals surface area (Å²) in [6.45, 7) is 1.73. The minimum atomic E-state index is -0.650. The fourth-order valence-electron chi connectivity index (χ4n) is 2.61. The van der Waals surface area contributed by atoms with Gasteiger partial charge in [0.25, 0.3) is 11.5 Å². The SMILES string of the molecule is COc1ccc(C)cc1NC(=O)c1cccn(OCc2ccccc2F)c1=O. The molecule has 0 bridgehead atoms. The van der Waals surface area contributed by atoms with Gasteiger partial charge >= 0.3 is 0 Å². The van der Waals surface area contributed by atoms with Crippen molar-refractivity contribution >= 4 is 11.6 Å². The number of nitrogens with one attached hydrogen (secondary N) is 1. The van der Waals surface area contributed by atoms with Crippen LogP contribution < -0.4 is 20.5 Å². The van der Waals surface area contributed by atoms with Gasteiger partial charge in [0, 0.05) is 11.8 Å². The number of pyridine rings is 1. The second-order valence-corrected chi connectivity index (χ2v) is 6.08. The Morgan fingerprint density at radius 3 is 2.68 bits per heavy atom. The lowest BCUT2D eigenvalue weighted by atomic mass is 10.2. The van der Waals surface area contributed by atoms with Gasteiger partial charge in [-0.3, -0.25) is 9.59 Å². The van der Waals surface area contributed by atoms with Crippen LogP contribution in [0.5, 0.6) is 5.75 Å². The number of aromatic nitrogens is 1. The van der Waals surface area contributed by atoms with Gasteiger partial charge in [0.15, 0.2) is 0 Å². The molecule has 0 saturated carbocycles. The Morgan fingerprint density at radius 1 is 1.14 bits per heavy atom. The van der Waals surface area contributed by atoms with E-state index in [1.165, 1.54) is 31.5 Å². The van der Waals surface area contributed by atoms with E-state index in [0.717, 1.165) is 10.3 Å². The lowest BCUT2D eigenvalue weighted by Crippen LogP contribution is -2.32. The second-order valence-electron chi connectivity index (χ2n) is 6.08. The van der Waals surface area contributed by atoms with Gasteiger partial charge in [-0.25, -0.2) is 4.39 Å². The normalized spacial score (nSPS) is 10.4. The van der Waals surface area contributed by atoms with E-state index in [1.54, 1.807) is 30.3 Å². The summed E-state index contributed by atoms with van der Waals surface area (Å²) in [5.74, 6) is -0.556. The molecule has 144 valence electrons. The number of ether oxygens (including phenoxy) is 1. The second kappa shape index (κ2) is 8.39. The average molecular weight is 382 g/mol. The Labute approximate surface area is 161 Å². The average Bonchev–Trinajstić information content (AvgIpc) is 2.68. The monoisotopic (exact) mass is 382 g/mol. The predicted octanol–water partition coefficient (Wildman–Crippen LogP) is 3.19. The van der Waals surface area contributed by atoms with Crippen LogP contribution in [0, 0.1) is 12.7 Å². The van der Waals surface area contributed by atoms with Crippen LogP contribution in [0.3, 0.4) is 0 Å². The van der Waals surface area contributed by atoms with Crippen molar-refractivity contribution in [3.05, 3.63) is 93.7 Å². The summed E-state index contributed by atoms with van der Waals surface area (Å²) < 4.78 is 19.8. The van der Waals surface area contributed by atoms with Crippen LogP contribution in [0.4, 0.5) is 10.1 Å². The van der Waals surface area contributed by atoms with Crippen molar-refractivity contribution in [2.75, 3.05) is 12.4 Å². The molecule has 1 aromatic heterocycles. The first kappa shape index (κ1) is 19.2. The lowest BCUT2D eigenvalue weighted by molar-refractivity contribution is 0.0847. The Bertz CT molecular complexity index is 1060. The molecule has 3 rings (SSSR count). The van der Waals surface area contributed by atoms with E-state index in [9.17, 15) is 14.0 Å². The smallest absolute Gasteiger partial charge is 0.295 e. The van der Waals surface area contributed by atoms with E-state index in [4.69, 9.17) is 9.57 Å². The van der Waals surface area contributed by atoms with E-state index in [0.29, 0.717) is 17.0 Å². The van der Waals surface area contributed by atoms with Crippen LogP contribution >= 0.6 is 0 Å². The van der Waals surface area contributed by atoms with Gasteiger partial charge in [-0.1, -0.05) is 24.3 Å². The number of carbonyl (C=O) groups excluding carboxylic acids is 1. The predicted molar refractivity (Wildman–Crippen MR) is 103 cm³/mol. The number of carbonyl (C=O) groups is 1. The Kier molecular flexibility index (Phi) is 5.74. The number of anilines is 1. The van der Waals surface area contributed by atoms with Gasteiger partial charge < -0.3 is 14.9 Å². The van der Waals surface area contributed by atoms with Gasteiger partial charge in [0.1, 0.15) is 23.7 Å². The standard InChI is InChI=1S/C21H19FN2O4/c1-14-9-10-19(27-2)18(12-14)23-20(25)16-7-5-11-24(21(16)26)28-13-15-6-3-4-8-17(15)22/h3-12H,13H2,1-2H3,(H,23,25). The zero-order chi connectivity index (χ0) is 20.1. The highest BCUT2D eigenvalue weighted by atomic mass is 19.1. The quantitative estimate of drug-likeness (QED) is 0.711. The molecule has 7 heteroatoms. The maximum Gasteiger partial charge on any atom is 0.295 e. The highest BCUT2D eigenvalue weighted by Crippen LogP contribution is 2.25. The number of amides is 1. The number of rotatable bonds is 6. The summed E-state index contributed by atoms with van der Waals surface area (Å²) in [7, 11) is 1.49. The zero-order valence-electron chi connectivity index (χ0n) is 15.4. The molecule has 1 heterocycles. The zero-order valence-corrected chi connectivity index (χ0v) is 15.4. The van der Waals surface area contributed by atoms with Crippen molar-refractivity contribution in [3.63, 3.8) is 0 Å². The lowest BCUT2D eigenvalue weighted by Gasteiger charge is -2.12. The van der Waals surface area contributed by atoms with Crippen LogP contribution in [0.25, 0.3) is 0 Å². The number of aryl methyl sites for hydroxylation is 1. The highest BCUT2D eigenvalue weighted by molar-refractivity contribution is 6.04. The van der Waals surface area contributed by atoms with E-state index in [1.807, 2.05) is 13.0 Å². The molecule has 0 atom stereocenters. The van der Waals surface area contributed by atoms with E-state index < -0.39 is 17.3 Å². The number of benzene rings is 2. The van der Waals surface area contributed by atoms with Crippen molar-refractivity contribution in [1.29, 1.82) is 0 Å². The molecule has 1 N–H and O–H groups in total. The molecule has 0 aliphatic rings. The van der Waals surface area contributed by atoms with Gasteiger partial charge in [0.2, 0.25) is 0 Å². The first-order valence-electron chi connectivity index (χ1n) is 8.54. The van der Waals surface area contributed by atoms with E-state index in [2.05, 4.69) is 5.32 Å². The summed E-state index contributed by atoms with van der Waals surface area (Å²) in [5, 5.41) is 2.68.